The fourth-order valence-electron chi connectivity index (χ4n) is 1.50. The van der Waals surface area contributed by atoms with Crippen LogP contribution in [0.1, 0.15) is 19.4 Å². The van der Waals surface area contributed by atoms with Gasteiger partial charge in [0, 0.05) is 19.7 Å². The molecular formula is C14H19NO. The minimum Gasteiger partial charge on any atom is -0.342 e. The first kappa shape index (κ1) is 12.5. The molecule has 0 aliphatic carbocycles. The lowest BCUT2D eigenvalue weighted by atomic mass is 10.2. The summed E-state index contributed by atoms with van der Waals surface area (Å²) < 4.78 is 0. The van der Waals surface area contributed by atoms with E-state index in [0.717, 1.165) is 12.1 Å². The second-order valence-corrected chi connectivity index (χ2v) is 4.36. The molecule has 0 aromatic heterocycles. The van der Waals surface area contributed by atoms with Crippen molar-refractivity contribution in [3.05, 3.63) is 42.0 Å². The van der Waals surface area contributed by atoms with Crippen molar-refractivity contribution in [1.29, 1.82) is 0 Å². The summed E-state index contributed by atoms with van der Waals surface area (Å²) in [5, 5.41) is 0. The fraction of sp³-hybridized carbons (Fsp3) is 0.357. The summed E-state index contributed by atoms with van der Waals surface area (Å²) in [7, 11) is 1.83. The number of likely N-dealkylation sites (N-methyl/N-ethyl adjacent to an activating group) is 1. The van der Waals surface area contributed by atoms with Crippen LogP contribution in [0, 0.1) is 5.92 Å². The first-order valence-electron chi connectivity index (χ1n) is 5.58. The largest absolute Gasteiger partial charge is 0.342 e. The molecule has 2 heteroatoms. The van der Waals surface area contributed by atoms with Crippen LogP contribution in [0.15, 0.2) is 36.4 Å². The van der Waals surface area contributed by atoms with Crippen LogP contribution in [-0.4, -0.2) is 24.4 Å². The second kappa shape index (κ2) is 6.11. The first-order chi connectivity index (χ1) is 7.59. The highest BCUT2D eigenvalue weighted by molar-refractivity contribution is 5.91. The van der Waals surface area contributed by atoms with Crippen molar-refractivity contribution in [3.8, 4) is 0 Å². The molecule has 0 bridgehead atoms. The lowest BCUT2D eigenvalue weighted by Gasteiger charge is -2.17. The Bertz CT molecular complexity index is 354. The van der Waals surface area contributed by atoms with Crippen molar-refractivity contribution < 1.29 is 4.79 Å². The Balaban J connectivity index is 2.54. The number of carbonyl (C=O) groups excluding carboxylic acids is 1. The topological polar surface area (TPSA) is 20.3 Å². The quantitative estimate of drug-likeness (QED) is 0.710. The minimum absolute atomic E-state index is 0.0533. The number of hydrogen-bond acceptors (Lipinski definition) is 1. The number of hydrogen-bond donors (Lipinski definition) is 0. The SMILES string of the molecule is CC(C)CN(C)C(=O)/C=C/c1ccccc1. The van der Waals surface area contributed by atoms with Crippen molar-refractivity contribution in [2.75, 3.05) is 13.6 Å². The van der Waals surface area contributed by atoms with Crippen LogP contribution >= 0.6 is 0 Å². The maximum atomic E-state index is 11.7. The monoisotopic (exact) mass is 217 g/mol. The predicted octanol–water partition coefficient (Wildman–Crippen LogP) is 2.81. The third-order valence-corrected chi connectivity index (χ3v) is 2.23. The van der Waals surface area contributed by atoms with Crippen LogP contribution in [0.5, 0.6) is 0 Å². The van der Waals surface area contributed by atoms with Crippen LogP contribution in [-0.2, 0) is 4.79 Å². The average Bonchev–Trinajstić information content (AvgIpc) is 2.26. The molecule has 1 aromatic carbocycles. The Morgan fingerprint density at radius 3 is 2.50 bits per heavy atom. The lowest BCUT2D eigenvalue weighted by Crippen LogP contribution is -2.28. The van der Waals surface area contributed by atoms with E-state index in [-0.39, 0.29) is 5.91 Å². The summed E-state index contributed by atoms with van der Waals surface area (Å²) in [5.74, 6) is 0.552. The molecular weight excluding hydrogens is 198 g/mol. The normalized spacial score (nSPS) is 11.0. The van der Waals surface area contributed by atoms with Crippen LogP contribution in [0.2, 0.25) is 0 Å². The van der Waals surface area contributed by atoms with E-state index in [2.05, 4.69) is 13.8 Å². The molecule has 2 nitrogen and oxygen atoms in total. The number of benzene rings is 1. The van der Waals surface area contributed by atoms with Crippen LogP contribution < -0.4 is 0 Å². The molecule has 0 spiro atoms. The molecule has 0 unspecified atom stereocenters. The summed E-state index contributed by atoms with van der Waals surface area (Å²) >= 11 is 0. The highest BCUT2D eigenvalue weighted by atomic mass is 16.2. The van der Waals surface area contributed by atoms with E-state index in [9.17, 15) is 4.79 Å². The average molecular weight is 217 g/mol. The van der Waals surface area contributed by atoms with Gasteiger partial charge < -0.3 is 4.90 Å². The Morgan fingerprint density at radius 2 is 1.94 bits per heavy atom. The van der Waals surface area contributed by atoms with Gasteiger partial charge in [0.1, 0.15) is 0 Å². The van der Waals surface area contributed by atoms with Crippen LogP contribution in [0.4, 0.5) is 0 Å². The maximum absolute atomic E-state index is 11.7. The van der Waals surface area contributed by atoms with Gasteiger partial charge in [-0.3, -0.25) is 4.79 Å². The molecule has 0 aliphatic rings. The number of amides is 1. The van der Waals surface area contributed by atoms with E-state index in [1.165, 1.54) is 0 Å². The highest BCUT2D eigenvalue weighted by Gasteiger charge is 2.05. The molecule has 16 heavy (non-hydrogen) atoms. The van der Waals surface area contributed by atoms with Crippen molar-refractivity contribution in [2.24, 2.45) is 5.92 Å². The highest BCUT2D eigenvalue weighted by Crippen LogP contribution is 2.02. The van der Waals surface area contributed by atoms with E-state index < -0.39 is 0 Å². The zero-order valence-electron chi connectivity index (χ0n) is 10.2. The molecule has 0 heterocycles. The molecule has 0 saturated carbocycles. The summed E-state index contributed by atoms with van der Waals surface area (Å²) in [5.41, 5.74) is 1.05. The van der Waals surface area contributed by atoms with Gasteiger partial charge in [0.15, 0.2) is 0 Å². The van der Waals surface area contributed by atoms with Crippen LogP contribution in [0.3, 0.4) is 0 Å². The predicted molar refractivity (Wildman–Crippen MR) is 68.0 cm³/mol. The van der Waals surface area contributed by atoms with Crippen molar-refractivity contribution in [1.82, 2.24) is 4.90 Å². The summed E-state index contributed by atoms with van der Waals surface area (Å²) in [6.07, 6.45) is 3.47. The van der Waals surface area contributed by atoms with Crippen molar-refractivity contribution in [2.45, 2.75) is 13.8 Å². The maximum Gasteiger partial charge on any atom is 0.246 e. The smallest absolute Gasteiger partial charge is 0.246 e. The van der Waals surface area contributed by atoms with E-state index in [1.807, 2.05) is 43.5 Å². The summed E-state index contributed by atoms with van der Waals surface area (Å²) in [6, 6.07) is 9.84. The van der Waals surface area contributed by atoms with Crippen molar-refractivity contribution in [3.63, 3.8) is 0 Å². The third-order valence-electron chi connectivity index (χ3n) is 2.23. The third kappa shape index (κ3) is 4.30. The fourth-order valence-corrected chi connectivity index (χ4v) is 1.50. The standard InChI is InChI=1S/C14H19NO/c1-12(2)11-15(3)14(16)10-9-13-7-5-4-6-8-13/h4-10,12H,11H2,1-3H3/b10-9+. The van der Waals surface area contributed by atoms with Gasteiger partial charge in [0.05, 0.1) is 0 Å². The van der Waals surface area contributed by atoms with E-state index >= 15 is 0 Å². The molecule has 1 aromatic rings. The number of nitrogens with zero attached hydrogens (tertiary/aromatic N) is 1. The Hall–Kier alpha value is -1.57. The van der Waals surface area contributed by atoms with E-state index in [4.69, 9.17) is 0 Å². The molecule has 0 saturated heterocycles. The molecule has 86 valence electrons. The molecule has 0 fully saturated rings. The van der Waals surface area contributed by atoms with Gasteiger partial charge in [-0.25, -0.2) is 0 Å². The molecule has 0 N–H and O–H groups in total. The lowest BCUT2D eigenvalue weighted by molar-refractivity contribution is -0.125. The van der Waals surface area contributed by atoms with Gasteiger partial charge in [-0.05, 0) is 17.6 Å². The van der Waals surface area contributed by atoms with Gasteiger partial charge >= 0.3 is 0 Å². The van der Waals surface area contributed by atoms with Gasteiger partial charge in [-0.1, -0.05) is 44.2 Å². The zero-order valence-corrected chi connectivity index (χ0v) is 10.2. The molecule has 0 aliphatic heterocycles. The first-order valence-corrected chi connectivity index (χ1v) is 5.58. The Kier molecular flexibility index (Phi) is 4.77. The Labute approximate surface area is 97.6 Å². The zero-order chi connectivity index (χ0) is 12.0. The number of carbonyl (C=O) groups is 1. The number of rotatable bonds is 4. The molecule has 1 rings (SSSR count). The van der Waals surface area contributed by atoms with Crippen LogP contribution in [0.25, 0.3) is 6.08 Å². The van der Waals surface area contributed by atoms with E-state index in [1.54, 1.807) is 11.0 Å². The van der Waals surface area contributed by atoms with Gasteiger partial charge in [-0.2, -0.15) is 0 Å². The second-order valence-electron chi connectivity index (χ2n) is 4.36. The summed E-state index contributed by atoms with van der Waals surface area (Å²) in [6.45, 7) is 4.99. The van der Waals surface area contributed by atoms with Gasteiger partial charge in [-0.15, -0.1) is 0 Å². The van der Waals surface area contributed by atoms with Crippen molar-refractivity contribution >= 4 is 12.0 Å². The van der Waals surface area contributed by atoms with E-state index in [0.29, 0.717) is 5.92 Å². The molecule has 0 atom stereocenters. The Morgan fingerprint density at radius 1 is 1.31 bits per heavy atom. The van der Waals surface area contributed by atoms with Gasteiger partial charge in [0.25, 0.3) is 0 Å². The van der Waals surface area contributed by atoms with Gasteiger partial charge in [0.2, 0.25) is 5.91 Å². The molecule has 1 amide bonds. The summed E-state index contributed by atoms with van der Waals surface area (Å²) in [4.78, 5) is 13.4. The molecule has 0 radical (unpaired) electrons. The minimum atomic E-state index is 0.0533.